The predicted octanol–water partition coefficient (Wildman–Crippen LogP) is 5.10. The smallest absolute Gasteiger partial charge is 0.224 e. The average Bonchev–Trinajstić information content (AvgIpc) is 3.00. The van der Waals surface area contributed by atoms with Gasteiger partial charge in [-0.05, 0) is 50.6 Å². The van der Waals surface area contributed by atoms with Crippen LogP contribution in [-0.4, -0.2) is 29.5 Å². The molecule has 5 heteroatoms. The topological polar surface area (TPSA) is 65.4 Å². The monoisotopic (exact) mass is 393 g/mol. The van der Waals surface area contributed by atoms with Crippen LogP contribution in [0.25, 0.3) is 5.70 Å². The highest BCUT2D eigenvalue weighted by Crippen LogP contribution is 2.43. The number of nitriles is 1. The largest absolute Gasteiger partial charge is 0.491 e. The van der Waals surface area contributed by atoms with E-state index in [2.05, 4.69) is 35.4 Å². The van der Waals surface area contributed by atoms with Gasteiger partial charge < -0.3 is 15.0 Å². The Hall–Kier alpha value is -3.00. The Kier molecular flexibility index (Phi) is 7.28. The number of likely N-dealkylation sites (N-methyl/N-ethyl adjacent to an activating group) is 1. The maximum atomic E-state index is 11.6. The van der Waals surface area contributed by atoms with E-state index >= 15 is 0 Å². The first kappa shape index (κ1) is 22.3. The van der Waals surface area contributed by atoms with Crippen molar-refractivity contribution in [2.75, 3.05) is 11.9 Å². The normalized spacial score (nSPS) is 20.0. The van der Waals surface area contributed by atoms with Crippen LogP contribution in [0, 0.1) is 17.2 Å². The highest BCUT2D eigenvalue weighted by atomic mass is 16.5. The maximum Gasteiger partial charge on any atom is 0.224 e. The fourth-order valence-electron chi connectivity index (χ4n) is 3.78. The Balaban J connectivity index is 0.00000300. The third-order valence-electron chi connectivity index (χ3n) is 5.00. The lowest BCUT2D eigenvalue weighted by atomic mass is 9.90. The van der Waals surface area contributed by atoms with Gasteiger partial charge in [-0.3, -0.25) is 4.79 Å². The number of nitrogens with zero attached hydrogens (tertiary/aromatic N) is 2. The SMILES string of the molecule is C.CCC(=O)Nc1ccc(C2=C(C#N)C3C=CC(OC(C)C)=CC3N2CC)cc1. The second-order valence-corrected chi connectivity index (χ2v) is 7.25. The predicted molar refractivity (Wildman–Crippen MR) is 118 cm³/mol. The fourth-order valence-corrected chi connectivity index (χ4v) is 3.78. The summed E-state index contributed by atoms with van der Waals surface area (Å²) in [5, 5.41) is 12.8. The number of nitrogens with one attached hydrogen (secondary N) is 1. The van der Waals surface area contributed by atoms with Gasteiger partial charge in [-0.2, -0.15) is 5.26 Å². The van der Waals surface area contributed by atoms with Crippen molar-refractivity contribution in [3.63, 3.8) is 0 Å². The molecule has 0 aromatic heterocycles. The van der Waals surface area contributed by atoms with Crippen LogP contribution >= 0.6 is 0 Å². The van der Waals surface area contributed by atoms with Crippen LogP contribution < -0.4 is 5.32 Å². The second-order valence-electron chi connectivity index (χ2n) is 7.25. The molecule has 1 N–H and O–H groups in total. The minimum absolute atomic E-state index is 0. The summed E-state index contributed by atoms with van der Waals surface area (Å²) in [7, 11) is 0. The van der Waals surface area contributed by atoms with E-state index in [-0.39, 0.29) is 31.4 Å². The van der Waals surface area contributed by atoms with Crippen molar-refractivity contribution >= 4 is 17.3 Å². The number of allylic oxidation sites excluding steroid dienone is 1. The average molecular weight is 394 g/mol. The number of fused-ring (bicyclic) bond motifs is 1. The van der Waals surface area contributed by atoms with Crippen molar-refractivity contribution in [3.8, 4) is 6.07 Å². The van der Waals surface area contributed by atoms with E-state index in [1.54, 1.807) is 0 Å². The maximum absolute atomic E-state index is 11.6. The Labute approximate surface area is 174 Å². The molecule has 0 saturated heterocycles. The molecule has 0 bridgehead atoms. The molecule has 3 rings (SSSR count). The molecule has 0 radical (unpaired) electrons. The minimum Gasteiger partial charge on any atom is -0.491 e. The third kappa shape index (κ3) is 4.54. The zero-order valence-corrected chi connectivity index (χ0v) is 16.9. The van der Waals surface area contributed by atoms with Crippen molar-refractivity contribution in [1.29, 1.82) is 5.26 Å². The summed E-state index contributed by atoms with van der Waals surface area (Å²) in [6, 6.07) is 10.2. The van der Waals surface area contributed by atoms with Crippen LogP contribution in [0.4, 0.5) is 5.69 Å². The van der Waals surface area contributed by atoms with E-state index in [9.17, 15) is 10.1 Å². The van der Waals surface area contributed by atoms with Crippen LogP contribution in [0.1, 0.15) is 47.1 Å². The molecular formula is C24H31N3O2. The number of ether oxygens (including phenoxy) is 1. The summed E-state index contributed by atoms with van der Waals surface area (Å²) in [6.07, 6.45) is 6.72. The number of anilines is 1. The molecule has 0 spiro atoms. The standard InChI is InChI=1S/C23H27N3O2.CH4/c1-5-22(27)25-17-9-7-16(8-10-17)23-20(14-24)19-12-11-18(28-15(3)4)13-21(19)26(23)6-2;/h7-13,15,19,21H,5-6H2,1-4H3,(H,25,27);1H4. The zero-order chi connectivity index (χ0) is 20.3. The Morgan fingerprint density at radius 3 is 2.52 bits per heavy atom. The summed E-state index contributed by atoms with van der Waals surface area (Å²) in [4.78, 5) is 13.9. The van der Waals surface area contributed by atoms with Gasteiger partial charge in [0.25, 0.3) is 0 Å². The van der Waals surface area contributed by atoms with Gasteiger partial charge in [-0.25, -0.2) is 0 Å². The highest BCUT2D eigenvalue weighted by Gasteiger charge is 2.40. The molecule has 1 aliphatic carbocycles. The van der Waals surface area contributed by atoms with Crippen LogP contribution in [-0.2, 0) is 9.53 Å². The number of hydrogen-bond donors (Lipinski definition) is 1. The van der Waals surface area contributed by atoms with Gasteiger partial charge in [0, 0.05) is 24.6 Å². The molecule has 1 aromatic carbocycles. The number of carbonyl (C=O) groups excluding carboxylic acids is 1. The molecule has 2 atom stereocenters. The Bertz CT molecular complexity index is 872. The van der Waals surface area contributed by atoms with E-state index in [4.69, 9.17) is 4.74 Å². The quantitative estimate of drug-likeness (QED) is 0.730. The summed E-state index contributed by atoms with van der Waals surface area (Å²) in [6.45, 7) is 8.73. The molecule has 1 heterocycles. The molecule has 2 aliphatic rings. The van der Waals surface area contributed by atoms with Crippen LogP contribution in [0.5, 0.6) is 0 Å². The molecule has 0 fully saturated rings. The van der Waals surface area contributed by atoms with E-state index in [0.29, 0.717) is 6.42 Å². The van der Waals surface area contributed by atoms with Gasteiger partial charge in [0.1, 0.15) is 5.76 Å². The molecular weight excluding hydrogens is 362 g/mol. The molecule has 29 heavy (non-hydrogen) atoms. The van der Waals surface area contributed by atoms with Crippen molar-refractivity contribution in [2.45, 2.75) is 53.7 Å². The number of carbonyl (C=O) groups is 1. The molecule has 0 saturated carbocycles. The van der Waals surface area contributed by atoms with Crippen LogP contribution in [0.15, 0.2) is 53.8 Å². The lowest BCUT2D eigenvalue weighted by Gasteiger charge is -2.31. The number of hydrogen-bond acceptors (Lipinski definition) is 4. The van der Waals surface area contributed by atoms with E-state index in [1.807, 2.05) is 51.1 Å². The van der Waals surface area contributed by atoms with Gasteiger partial charge in [0.2, 0.25) is 5.91 Å². The summed E-state index contributed by atoms with van der Waals surface area (Å²) in [5.74, 6) is 0.865. The molecule has 5 nitrogen and oxygen atoms in total. The van der Waals surface area contributed by atoms with Crippen molar-refractivity contribution in [3.05, 3.63) is 59.4 Å². The minimum atomic E-state index is -0.0142. The van der Waals surface area contributed by atoms with E-state index in [0.717, 1.165) is 34.8 Å². The van der Waals surface area contributed by atoms with Gasteiger partial charge in [-0.1, -0.05) is 32.6 Å². The van der Waals surface area contributed by atoms with E-state index < -0.39 is 0 Å². The Morgan fingerprint density at radius 2 is 1.97 bits per heavy atom. The highest BCUT2D eigenvalue weighted by molar-refractivity contribution is 5.90. The second kappa shape index (κ2) is 9.47. The molecule has 154 valence electrons. The molecule has 1 amide bonds. The fraction of sp³-hybridized carbons (Fsp3) is 0.417. The Morgan fingerprint density at radius 1 is 1.28 bits per heavy atom. The first-order chi connectivity index (χ1) is 13.5. The first-order valence-corrected chi connectivity index (χ1v) is 9.86. The lowest BCUT2D eigenvalue weighted by molar-refractivity contribution is -0.115. The summed E-state index contributed by atoms with van der Waals surface area (Å²) < 4.78 is 5.87. The zero-order valence-electron chi connectivity index (χ0n) is 16.9. The van der Waals surface area contributed by atoms with Crippen LogP contribution in [0.3, 0.4) is 0 Å². The van der Waals surface area contributed by atoms with E-state index in [1.165, 1.54) is 0 Å². The number of amides is 1. The summed E-state index contributed by atoms with van der Waals surface area (Å²) >= 11 is 0. The molecule has 2 unspecified atom stereocenters. The van der Waals surface area contributed by atoms with Crippen LogP contribution in [0.2, 0.25) is 0 Å². The van der Waals surface area contributed by atoms with Crippen molar-refractivity contribution < 1.29 is 9.53 Å². The van der Waals surface area contributed by atoms with Crippen molar-refractivity contribution in [2.24, 2.45) is 5.92 Å². The molecule has 1 aliphatic heterocycles. The van der Waals surface area contributed by atoms with Gasteiger partial charge in [-0.15, -0.1) is 0 Å². The lowest BCUT2D eigenvalue weighted by Crippen LogP contribution is -2.33. The first-order valence-electron chi connectivity index (χ1n) is 9.86. The molecule has 1 aromatic rings. The number of rotatable bonds is 6. The third-order valence-corrected chi connectivity index (χ3v) is 5.00. The van der Waals surface area contributed by atoms with Gasteiger partial charge in [0.15, 0.2) is 0 Å². The van der Waals surface area contributed by atoms with Crippen molar-refractivity contribution in [1.82, 2.24) is 4.90 Å². The number of benzene rings is 1. The summed E-state index contributed by atoms with van der Waals surface area (Å²) in [5.41, 5.74) is 3.48. The van der Waals surface area contributed by atoms with Gasteiger partial charge in [0.05, 0.1) is 29.5 Å². The van der Waals surface area contributed by atoms with Gasteiger partial charge >= 0.3 is 0 Å².